The molecule has 2 atom stereocenters. The first-order chi connectivity index (χ1) is 11.1. The normalized spacial score (nSPS) is 11.3. The molecule has 0 aliphatic heterocycles. The third-order valence-corrected chi connectivity index (χ3v) is 5.43. The second-order valence-corrected chi connectivity index (χ2v) is 7.13. The maximum atomic E-state index is 14.5. The van der Waals surface area contributed by atoms with E-state index >= 15 is 0 Å². The summed E-state index contributed by atoms with van der Waals surface area (Å²) in [4.78, 5) is 0. The fraction of sp³-hybridized carbons (Fsp3) is 0.0526. The Morgan fingerprint density at radius 1 is 0.739 bits per heavy atom. The molecular weight excluding hydrogens is 328 g/mol. The van der Waals surface area contributed by atoms with Gasteiger partial charge in [0.05, 0.1) is 0 Å². The molecular formula is C19H16F2P2. The van der Waals surface area contributed by atoms with Gasteiger partial charge in [-0.2, -0.15) is 0 Å². The van der Waals surface area contributed by atoms with Crippen LogP contribution in [0.4, 0.5) is 8.78 Å². The van der Waals surface area contributed by atoms with E-state index in [1.807, 2.05) is 37.3 Å². The van der Waals surface area contributed by atoms with E-state index in [9.17, 15) is 8.78 Å². The van der Waals surface area contributed by atoms with E-state index in [4.69, 9.17) is 0 Å². The van der Waals surface area contributed by atoms with Gasteiger partial charge in [-0.15, -0.1) is 8.93 Å². The molecule has 0 saturated carbocycles. The van der Waals surface area contributed by atoms with Crippen molar-refractivity contribution in [2.45, 2.75) is 6.92 Å². The lowest BCUT2D eigenvalue weighted by Crippen LogP contribution is -1.92. The van der Waals surface area contributed by atoms with Crippen LogP contribution < -0.4 is 5.30 Å². The second kappa shape index (κ2) is 6.87. The zero-order valence-electron chi connectivity index (χ0n) is 12.6. The first-order valence-electron chi connectivity index (χ1n) is 7.21. The van der Waals surface area contributed by atoms with E-state index in [1.165, 1.54) is 17.4 Å². The Morgan fingerprint density at radius 2 is 1.30 bits per heavy atom. The van der Waals surface area contributed by atoms with Crippen molar-refractivity contribution in [3.8, 4) is 22.3 Å². The number of hydrogen-bond donors (Lipinski definition) is 0. The molecule has 3 rings (SSSR count). The summed E-state index contributed by atoms with van der Waals surface area (Å²) in [6.45, 7) is 1.83. The van der Waals surface area contributed by atoms with Crippen LogP contribution in [0.5, 0.6) is 0 Å². The zero-order valence-corrected chi connectivity index (χ0v) is 14.8. The highest BCUT2D eigenvalue weighted by atomic mass is 32.0. The average molecular weight is 344 g/mol. The summed E-state index contributed by atoms with van der Waals surface area (Å²) in [5, 5.41) is 1.21. The predicted octanol–water partition coefficient (Wildman–Crippen LogP) is 5.70. The second-order valence-electron chi connectivity index (χ2n) is 5.40. The minimum absolute atomic E-state index is 0.331. The van der Waals surface area contributed by atoms with E-state index in [0.29, 0.717) is 25.0 Å². The Balaban J connectivity index is 2.00. The van der Waals surface area contributed by atoms with Gasteiger partial charge in [0.1, 0.15) is 11.6 Å². The first-order valence-corrected chi connectivity index (χ1v) is 10.0. The van der Waals surface area contributed by atoms with Crippen molar-refractivity contribution in [1.82, 2.24) is 0 Å². The van der Waals surface area contributed by atoms with E-state index in [1.54, 1.807) is 18.2 Å². The molecule has 4 heteroatoms. The molecule has 0 saturated heterocycles. The fourth-order valence-corrected chi connectivity index (χ4v) is 3.45. The number of hydrogen-bond acceptors (Lipinski definition) is 0. The van der Waals surface area contributed by atoms with Gasteiger partial charge < -0.3 is 0 Å². The molecule has 0 radical (unpaired) electrons. The molecule has 0 aliphatic carbocycles. The standard InChI is InChI=1S/C19H16F2P2/c1-12-2-8-17(18(20)10-12)14-5-9-16(19(21)11-14)13-3-6-15(23-22)7-4-13/h2-11,23H,22H2,1H3. The molecule has 0 heterocycles. The van der Waals surface area contributed by atoms with Crippen molar-refractivity contribution < 1.29 is 8.78 Å². The number of aryl methyl sites for hydroxylation is 1. The van der Waals surface area contributed by atoms with Crippen molar-refractivity contribution in [3.63, 3.8) is 0 Å². The Kier molecular flexibility index (Phi) is 4.85. The van der Waals surface area contributed by atoms with Crippen LogP contribution in [0.25, 0.3) is 22.3 Å². The van der Waals surface area contributed by atoms with Gasteiger partial charge in [-0.05, 0) is 41.1 Å². The predicted molar refractivity (Wildman–Crippen MR) is 99.6 cm³/mol. The maximum absolute atomic E-state index is 14.5. The minimum Gasteiger partial charge on any atom is -0.206 e. The monoisotopic (exact) mass is 344 g/mol. The van der Waals surface area contributed by atoms with Crippen LogP contribution >= 0.6 is 17.2 Å². The lowest BCUT2D eigenvalue weighted by molar-refractivity contribution is 0.626. The van der Waals surface area contributed by atoms with Gasteiger partial charge in [-0.3, -0.25) is 0 Å². The van der Waals surface area contributed by atoms with Gasteiger partial charge >= 0.3 is 0 Å². The summed E-state index contributed by atoms with van der Waals surface area (Å²) in [5.74, 6) is -0.675. The zero-order chi connectivity index (χ0) is 16.4. The Labute approximate surface area is 138 Å². The molecule has 0 amide bonds. The van der Waals surface area contributed by atoms with E-state index in [-0.39, 0.29) is 11.6 Å². The van der Waals surface area contributed by atoms with Crippen molar-refractivity contribution in [2.24, 2.45) is 0 Å². The lowest BCUT2D eigenvalue weighted by atomic mass is 9.99. The van der Waals surface area contributed by atoms with Gasteiger partial charge in [0, 0.05) is 11.1 Å². The smallest absolute Gasteiger partial charge is 0.131 e. The fourth-order valence-electron chi connectivity index (χ4n) is 2.52. The van der Waals surface area contributed by atoms with Gasteiger partial charge in [0.25, 0.3) is 0 Å². The third-order valence-electron chi connectivity index (χ3n) is 3.77. The van der Waals surface area contributed by atoms with Crippen LogP contribution in [-0.4, -0.2) is 0 Å². The summed E-state index contributed by atoms with van der Waals surface area (Å²) < 4.78 is 28.5. The Hall–Kier alpha value is -1.62. The van der Waals surface area contributed by atoms with Gasteiger partial charge in [0.2, 0.25) is 0 Å². The average Bonchev–Trinajstić information content (AvgIpc) is 2.55. The Bertz CT molecular complexity index is 842. The molecule has 0 bridgehead atoms. The molecule has 0 aliphatic rings. The van der Waals surface area contributed by atoms with Gasteiger partial charge in [-0.25, -0.2) is 8.78 Å². The number of rotatable bonds is 3. The molecule has 0 fully saturated rings. The lowest BCUT2D eigenvalue weighted by Gasteiger charge is -2.09. The van der Waals surface area contributed by atoms with Crippen molar-refractivity contribution in [3.05, 3.63) is 77.9 Å². The number of halogens is 2. The quantitative estimate of drug-likeness (QED) is 0.535. The van der Waals surface area contributed by atoms with Crippen LogP contribution in [-0.2, 0) is 0 Å². The molecule has 116 valence electrons. The molecule has 23 heavy (non-hydrogen) atoms. The summed E-state index contributed by atoms with van der Waals surface area (Å²) in [6, 6.07) is 17.7. The van der Waals surface area contributed by atoms with Gasteiger partial charge in [0.15, 0.2) is 0 Å². The van der Waals surface area contributed by atoms with Crippen LogP contribution in [0.15, 0.2) is 60.7 Å². The Morgan fingerprint density at radius 3 is 1.91 bits per heavy atom. The van der Waals surface area contributed by atoms with Crippen molar-refractivity contribution in [2.75, 3.05) is 0 Å². The van der Waals surface area contributed by atoms with Crippen LogP contribution in [0.3, 0.4) is 0 Å². The largest absolute Gasteiger partial charge is 0.206 e. The summed E-state index contributed by atoms with van der Waals surface area (Å²) in [6.07, 6.45) is 0. The SMILES string of the molecule is Cc1ccc(-c2ccc(-c3ccc(PP)cc3)c(F)c2)c(F)c1. The molecule has 0 spiro atoms. The highest BCUT2D eigenvalue weighted by molar-refractivity contribution is 8.06. The van der Waals surface area contributed by atoms with E-state index in [2.05, 4.69) is 8.93 Å². The van der Waals surface area contributed by atoms with Crippen LogP contribution in [0.2, 0.25) is 0 Å². The highest BCUT2D eigenvalue weighted by Crippen LogP contribution is 2.30. The minimum atomic E-state index is -0.344. The van der Waals surface area contributed by atoms with E-state index in [0.717, 1.165) is 11.1 Å². The van der Waals surface area contributed by atoms with Crippen molar-refractivity contribution in [1.29, 1.82) is 0 Å². The topological polar surface area (TPSA) is 0 Å². The molecule has 3 aromatic rings. The highest BCUT2D eigenvalue weighted by Gasteiger charge is 2.10. The summed E-state index contributed by atoms with van der Waals surface area (Å²) in [7, 11) is 3.33. The third kappa shape index (κ3) is 3.50. The van der Waals surface area contributed by atoms with Crippen LogP contribution in [0.1, 0.15) is 5.56 Å². The van der Waals surface area contributed by atoms with Gasteiger partial charge in [-0.1, -0.05) is 56.8 Å². The maximum Gasteiger partial charge on any atom is 0.131 e. The molecule has 0 nitrogen and oxygen atoms in total. The molecule has 0 aromatic heterocycles. The summed E-state index contributed by atoms with van der Waals surface area (Å²) >= 11 is 0. The van der Waals surface area contributed by atoms with Crippen LogP contribution in [0, 0.1) is 18.6 Å². The molecule has 3 aromatic carbocycles. The summed E-state index contributed by atoms with van der Waals surface area (Å²) in [5.41, 5.74) is 3.16. The van der Waals surface area contributed by atoms with Crippen molar-refractivity contribution >= 4 is 22.5 Å². The molecule has 2 unspecified atom stereocenters. The number of benzene rings is 3. The molecule has 0 N–H and O–H groups in total. The first kappa shape index (κ1) is 16.2. The van der Waals surface area contributed by atoms with E-state index < -0.39 is 0 Å².